The Balaban J connectivity index is 1.06. The van der Waals surface area contributed by atoms with E-state index in [9.17, 15) is 10.5 Å². The predicted octanol–water partition coefficient (Wildman–Crippen LogP) is 23.5. The molecular weight excluding hydrogens is 1230 g/mol. The number of nitrogens with zero attached hydrogens (tertiary/aromatic N) is 6. The van der Waals surface area contributed by atoms with Gasteiger partial charge in [-0.05, 0) is 94.3 Å². The van der Waals surface area contributed by atoms with Gasteiger partial charge < -0.3 is 18.3 Å². The van der Waals surface area contributed by atoms with Crippen LogP contribution < -0.4 is 0 Å². The van der Waals surface area contributed by atoms with E-state index in [1.54, 1.807) is 0 Å². The van der Waals surface area contributed by atoms with Crippen molar-refractivity contribution in [1.82, 2.24) is 18.3 Å². The molecule has 0 N–H and O–H groups in total. The third kappa shape index (κ3) is 8.31. The molecule has 6 heteroatoms. The highest BCUT2D eigenvalue weighted by molar-refractivity contribution is 6.18. The SMILES string of the molecule is C=CC(=C)C(c1ccccc1)(c1ccccc1)C(C)(/C=C\c1c(C)n(-c2c(C#N)c(C#N)c(-n3c4ccccc4c4ccc5c(c43)-c3ccccc3C5(c3ccccc3)c3ccccc3)c(-n3c4ccccc4c4ccccc43)c2-n2c3ccccc3c3ccccc32)c2ccccc12)CC. The molecule has 1 atom stereocenters. The lowest BCUT2D eigenvalue weighted by Gasteiger charge is -2.49. The Morgan fingerprint density at radius 3 is 1.24 bits per heavy atom. The van der Waals surface area contributed by atoms with E-state index in [1.165, 1.54) is 0 Å². The minimum atomic E-state index is -0.759. The molecule has 0 saturated heterocycles. The molecule has 4 heterocycles. The van der Waals surface area contributed by atoms with Crippen LogP contribution in [0.25, 0.3) is 116 Å². The van der Waals surface area contributed by atoms with Crippen molar-refractivity contribution in [2.24, 2.45) is 5.41 Å². The molecular formula is C95H68N6. The lowest BCUT2D eigenvalue weighted by atomic mass is 9.53. The highest BCUT2D eigenvalue weighted by atomic mass is 15.1. The molecule has 0 radical (unpaired) electrons. The van der Waals surface area contributed by atoms with Crippen molar-refractivity contribution in [3.63, 3.8) is 0 Å². The van der Waals surface area contributed by atoms with Crippen LogP contribution in [0.1, 0.15) is 76.0 Å². The Kier molecular flexibility index (Phi) is 14.0. The fraction of sp³-hybridized carbons (Fsp3) is 0.0737. The lowest BCUT2D eigenvalue weighted by Crippen LogP contribution is -2.44. The molecule has 1 aliphatic carbocycles. The number of hydrogen-bond acceptors (Lipinski definition) is 2. The Morgan fingerprint density at radius 1 is 0.416 bits per heavy atom. The van der Waals surface area contributed by atoms with Crippen LogP contribution in [-0.4, -0.2) is 18.3 Å². The van der Waals surface area contributed by atoms with Crippen LogP contribution in [0.4, 0.5) is 0 Å². The summed E-state index contributed by atoms with van der Waals surface area (Å²) >= 11 is 0. The van der Waals surface area contributed by atoms with Gasteiger partial charge in [-0.2, -0.15) is 10.5 Å². The van der Waals surface area contributed by atoms with Gasteiger partial charge in [0.1, 0.15) is 12.1 Å². The summed E-state index contributed by atoms with van der Waals surface area (Å²) in [7, 11) is 0. The van der Waals surface area contributed by atoms with E-state index < -0.39 is 16.2 Å². The summed E-state index contributed by atoms with van der Waals surface area (Å²) in [6.45, 7) is 16.1. The third-order valence-electron chi connectivity index (χ3n) is 22.4. The molecule has 18 rings (SSSR count). The maximum atomic E-state index is 13.0. The summed E-state index contributed by atoms with van der Waals surface area (Å²) in [6.07, 6.45) is 7.38. The zero-order valence-corrected chi connectivity index (χ0v) is 56.4. The van der Waals surface area contributed by atoms with Gasteiger partial charge in [-0.1, -0.05) is 312 Å². The van der Waals surface area contributed by atoms with Crippen molar-refractivity contribution in [3.05, 3.63) is 390 Å². The van der Waals surface area contributed by atoms with E-state index in [2.05, 4.69) is 373 Å². The van der Waals surface area contributed by atoms with Gasteiger partial charge in [0.15, 0.2) is 0 Å². The molecule has 0 bridgehead atoms. The number of aromatic nitrogens is 4. The molecule has 101 heavy (non-hydrogen) atoms. The normalized spacial score (nSPS) is 13.3. The minimum absolute atomic E-state index is 0.234. The monoisotopic (exact) mass is 1290 g/mol. The maximum absolute atomic E-state index is 13.0. The molecule has 1 unspecified atom stereocenters. The van der Waals surface area contributed by atoms with Crippen LogP contribution in [-0.2, 0) is 10.8 Å². The topological polar surface area (TPSA) is 67.3 Å². The number of fused-ring (bicyclic) bond motifs is 14. The zero-order chi connectivity index (χ0) is 68.3. The number of para-hydroxylation sites is 6. The third-order valence-corrected chi connectivity index (χ3v) is 22.4. The molecule has 4 aromatic heterocycles. The Bertz CT molecular complexity index is 6210. The van der Waals surface area contributed by atoms with Crippen LogP contribution in [0.5, 0.6) is 0 Å². The first-order chi connectivity index (χ1) is 49.7. The highest BCUT2D eigenvalue weighted by Gasteiger charge is 2.51. The summed E-state index contributed by atoms with van der Waals surface area (Å²) in [5, 5.41) is 33.2. The molecule has 17 aromatic rings. The Morgan fingerprint density at radius 2 is 0.792 bits per heavy atom. The highest BCUT2D eigenvalue weighted by Crippen LogP contribution is 2.61. The van der Waals surface area contributed by atoms with Crippen LogP contribution in [0.3, 0.4) is 0 Å². The first kappa shape index (κ1) is 60.4. The van der Waals surface area contributed by atoms with Gasteiger partial charge in [0.05, 0.1) is 83.3 Å². The Labute approximate surface area is 587 Å². The summed E-state index contributed by atoms with van der Waals surface area (Å²) in [5.74, 6) is 0. The van der Waals surface area contributed by atoms with Crippen molar-refractivity contribution >= 4 is 82.4 Å². The summed E-state index contributed by atoms with van der Waals surface area (Å²) < 4.78 is 9.50. The number of hydrogen-bond donors (Lipinski definition) is 0. The zero-order valence-electron chi connectivity index (χ0n) is 56.4. The van der Waals surface area contributed by atoms with Gasteiger partial charge in [-0.3, -0.25) is 0 Å². The average Bonchev–Trinajstić information content (AvgIpc) is 1.53. The van der Waals surface area contributed by atoms with Gasteiger partial charge in [0.2, 0.25) is 0 Å². The number of benzene rings is 13. The number of rotatable bonds is 14. The van der Waals surface area contributed by atoms with Gasteiger partial charge in [0.25, 0.3) is 0 Å². The molecule has 0 fully saturated rings. The van der Waals surface area contributed by atoms with Crippen LogP contribution in [0.15, 0.2) is 334 Å². The molecule has 0 spiro atoms. The standard InChI is InChI=1S/C95H68N6/c1-6-62(3)95(66-38-16-10-17-39-66,67-40-18-11-19-41-67)93(5,7-2)59-58-68-63(4)98(81-50-28-21-42-69(68)81)89-77(60-96)78(61-97)90(92(100-84-53-31-24-45-72(84)73-46-25-32-54-85(73)100)91(89)99-82-51-29-22-43-70(82)71-44-23-30-52-83(71)99)101-86-55-33-26-47-74(86)75-56-57-80-87(88(75)101)76-48-20-27-49-79(76)94(80,64-34-12-8-13-35-64)65-36-14-9-15-37-65/h6,8-59H,1,3,7H2,2,4-5H3/b59-58-. The Hall–Kier alpha value is -13.0. The van der Waals surface area contributed by atoms with Crippen LogP contribution in [0, 0.1) is 35.0 Å². The van der Waals surface area contributed by atoms with Crippen molar-refractivity contribution in [3.8, 4) is 46.0 Å². The second-order valence-corrected chi connectivity index (χ2v) is 27.0. The molecule has 13 aromatic carbocycles. The van der Waals surface area contributed by atoms with Gasteiger partial charge in [-0.25, -0.2) is 0 Å². The van der Waals surface area contributed by atoms with Crippen molar-refractivity contribution in [2.75, 3.05) is 0 Å². The smallest absolute Gasteiger partial charge is 0.103 e. The second-order valence-electron chi connectivity index (χ2n) is 27.0. The summed E-state index contributed by atoms with van der Waals surface area (Å²) in [6, 6.07) is 115. The van der Waals surface area contributed by atoms with Crippen molar-refractivity contribution in [2.45, 2.75) is 38.0 Å². The fourth-order valence-electron chi connectivity index (χ4n) is 18.1. The minimum Gasteiger partial charge on any atom is -0.310 e. The van der Waals surface area contributed by atoms with Gasteiger partial charge in [-0.15, -0.1) is 0 Å². The van der Waals surface area contributed by atoms with E-state index in [0.717, 1.165) is 155 Å². The van der Waals surface area contributed by atoms with E-state index in [1.807, 2.05) is 6.08 Å². The quantitative estimate of drug-likeness (QED) is 0.102. The first-order valence-corrected chi connectivity index (χ1v) is 34.7. The number of nitriles is 2. The van der Waals surface area contributed by atoms with Gasteiger partial charge >= 0.3 is 0 Å². The van der Waals surface area contributed by atoms with E-state index in [0.29, 0.717) is 11.4 Å². The summed E-state index contributed by atoms with van der Waals surface area (Å²) in [4.78, 5) is 0. The van der Waals surface area contributed by atoms with Crippen LogP contribution in [0.2, 0.25) is 0 Å². The number of allylic oxidation sites excluding steroid dienone is 3. The second kappa shape index (κ2) is 23.4. The van der Waals surface area contributed by atoms with Crippen LogP contribution >= 0.6 is 0 Å². The fourth-order valence-corrected chi connectivity index (χ4v) is 18.1. The molecule has 0 amide bonds. The molecule has 0 aliphatic heterocycles. The lowest BCUT2D eigenvalue weighted by molar-refractivity contribution is 0.277. The first-order valence-electron chi connectivity index (χ1n) is 34.7. The maximum Gasteiger partial charge on any atom is 0.103 e. The average molecular weight is 1290 g/mol. The van der Waals surface area contributed by atoms with Crippen molar-refractivity contribution in [1.29, 1.82) is 10.5 Å². The van der Waals surface area contributed by atoms with E-state index in [-0.39, 0.29) is 11.1 Å². The summed E-state index contributed by atoms with van der Waals surface area (Å²) in [5.41, 5.74) is 19.2. The predicted molar refractivity (Wildman–Crippen MR) is 418 cm³/mol. The van der Waals surface area contributed by atoms with E-state index >= 15 is 0 Å². The molecule has 0 saturated carbocycles. The van der Waals surface area contributed by atoms with Crippen molar-refractivity contribution < 1.29 is 0 Å². The molecule has 6 nitrogen and oxygen atoms in total. The largest absolute Gasteiger partial charge is 0.310 e. The van der Waals surface area contributed by atoms with E-state index in [4.69, 9.17) is 6.58 Å². The van der Waals surface area contributed by atoms with Gasteiger partial charge in [0, 0.05) is 59.9 Å². The molecule has 1 aliphatic rings. The molecule has 478 valence electrons.